The summed E-state index contributed by atoms with van der Waals surface area (Å²) in [7, 11) is 1.45. The second-order valence-corrected chi connectivity index (χ2v) is 10.3. The lowest BCUT2D eigenvalue weighted by Crippen LogP contribution is -2.57. The maximum absolute atomic E-state index is 13.7. The average molecular weight is 627 g/mol. The van der Waals surface area contributed by atoms with E-state index in [9.17, 15) is 24.3 Å². The minimum absolute atomic E-state index is 0.0441. The molecule has 0 aliphatic heterocycles. The molecule has 0 spiro atoms. The first-order chi connectivity index (χ1) is 21.3. The monoisotopic (exact) mass is 626 g/mol. The SMILES string of the molecule is CN(CCC(=O)O)C(=O)C(Cc1ccccc1)NC(=O)[C@H](CCCN=C(N)N)NC(=O)[C@@H](Cc1ccc(O)cc1)NN=C(N)N. The zero-order valence-electron chi connectivity index (χ0n) is 25.1. The number of guanidine groups is 2. The largest absolute Gasteiger partial charge is 0.508 e. The molecule has 13 N–H and O–H groups in total. The predicted octanol–water partition coefficient (Wildman–Crippen LogP) is -1.72. The van der Waals surface area contributed by atoms with E-state index in [0.29, 0.717) is 12.0 Å². The highest BCUT2D eigenvalue weighted by molar-refractivity contribution is 5.93. The van der Waals surface area contributed by atoms with Crippen molar-refractivity contribution in [2.45, 2.75) is 50.2 Å². The lowest BCUT2D eigenvalue weighted by molar-refractivity contribution is -0.139. The molecule has 16 heteroatoms. The van der Waals surface area contributed by atoms with Crippen LogP contribution in [0.4, 0.5) is 0 Å². The molecule has 2 rings (SSSR count). The summed E-state index contributed by atoms with van der Waals surface area (Å²) in [5.41, 5.74) is 25.8. The Morgan fingerprint density at radius 3 is 2.00 bits per heavy atom. The molecule has 0 fully saturated rings. The van der Waals surface area contributed by atoms with Crippen LogP contribution in [0.15, 0.2) is 64.7 Å². The number of nitrogens with zero attached hydrogens (tertiary/aromatic N) is 3. The van der Waals surface area contributed by atoms with E-state index < -0.39 is 41.8 Å². The molecule has 0 bridgehead atoms. The van der Waals surface area contributed by atoms with Crippen molar-refractivity contribution in [1.82, 2.24) is 21.0 Å². The average Bonchev–Trinajstić information content (AvgIpc) is 2.99. The number of aliphatic carboxylic acids is 1. The third kappa shape index (κ3) is 13.5. The summed E-state index contributed by atoms with van der Waals surface area (Å²) in [5.74, 6) is -3.26. The number of hydrogen-bond acceptors (Lipinski definition) is 8. The van der Waals surface area contributed by atoms with Crippen LogP contribution in [0, 0.1) is 0 Å². The van der Waals surface area contributed by atoms with E-state index >= 15 is 0 Å². The molecule has 2 aromatic carbocycles. The predicted molar refractivity (Wildman–Crippen MR) is 168 cm³/mol. The standard InChI is InChI=1S/C29H42N10O6/c1-39(15-13-24(41)42)27(45)23(17-18-6-3-2-4-7-18)36-25(43)21(8-5-14-34-28(30)31)35-26(44)22(37-38-29(32)33)16-19-9-11-20(40)12-10-19/h2-4,6-7,9-12,21-23,37,40H,5,8,13-17H2,1H3,(H,35,44)(H,36,43)(H,41,42)(H4,30,31,34)(H4,32,33,38)/t21-,22+,23?/m0/s1. The molecular formula is C29H42N10O6. The lowest BCUT2D eigenvalue weighted by atomic mass is 10.0. The summed E-state index contributed by atoms with van der Waals surface area (Å²) in [6.45, 7) is 0.110. The zero-order chi connectivity index (χ0) is 33.4. The Hall–Kier alpha value is -5.54. The first-order valence-corrected chi connectivity index (χ1v) is 14.1. The van der Waals surface area contributed by atoms with Crippen LogP contribution < -0.4 is 39.0 Å². The van der Waals surface area contributed by atoms with Crippen molar-refractivity contribution in [1.29, 1.82) is 0 Å². The van der Waals surface area contributed by atoms with E-state index in [1.165, 1.54) is 24.1 Å². The summed E-state index contributed by atoms with van der Waals surface area (Å²) in [4.78, 5) is 56.8. The van der Waals surface area contributed by atoms with Crippen LogP contribution in [-0.2, 0) is 32.0 Å². The molecular weight excluding hydrogens is 584 g/mol. The van der Waals surface area contributed by atoms with Crippen molar-refractivity contribution < 1.29 is 29.4 Å². The van der Waals surface area contributed by atoms with Crippen LogP contribution in [0.5, 0.6) is 5.75 Å². The maximum atomic E-state index is 13.7. The van der Waals surface area contributed by atoms with Crippen LogP contribution in [0.25, 0.3) is 0 Å². The van der Waals surface area contributed by atoms with Gasteiger partial charge in [-0.25, -0.2) is 0 Å². The molecule has 0 aliphatic rings. The quantitative estimate of drug-likeness (QED) is 0.0388. The highest BCUT2D eigenvalue weighted by Gasteiger charge is 2.30. The number of hydrogen-bond donors (Lipinski definition) is 9. The number of phenols is 1. The Bertz CT molecular complexity index is 1330. The molecule has 45 heavy (non-hydrogen) atoms. The number of carboxylic acid groups (broad SMARTS) is 1. The molecule has 16 nitrogen and oxygen atoms in total. The van der Waals surface area contributed by atoms with E-state index in [1.807, 2.05) is 6.07 Å². The van der Waals surface area contributed by atoms with Crippen molar-refractivity contribution in [3.8, 4) is 5.75 Å². The van der Waals surface area contributed by atoms with Gasteiger partial charge in [-0.2, -0.15) is 0 Å². The van der Waals surface area contributed by atoms with Crippen LogP contribution >= 0.6 is 0 Å². The van der Waals surface area contributed by atoms with Gasteiger partial charge >= 0.3 is 5.97 Å². The molecule has 0 aliphatic carbocycles. The van der Waals surface area contributed by atoms with E-state index in [2.05, 4.69) is 26.2 Å². The molecule has 0 radical (unpaired) electrons. The van der Waals surface area contributed by atoms with Gasteiger partial charge in [0.2, 0.25) is 23.7 Å². The molecule has 0 saturated carbocycles. The minimum Gasteiger partial charge on any atom is -0.508 e. The highest BCUT2D eigenvalue weighted by Crippen LogP contribution is 2.13. The molecule has 2 aromatic rings. The van der Waals surface area contributed by atoms with Crippen molar-refractivity contribution in [3.05, 3.63) is 65.7 Å². The molecule has 244 valence electrons. The Morgan fingerprint density at radius 2 is 1.40 bits per heavy atom. The number of hydrazone groups is 1. The second kappa shape index (κ2) is 18.2. The Balaban J connectivity index is 2.32. The van der Waals surface area contributed by atoms with Gasteiger partial charge in [-0.05, 0) is 36.1 Å². The van der Waals surface area contributed by atoms with Crippen LogP contribution in [0.3, 0.4) is 0 Å². The first-order valence-electron chi connectivity index (χ1n) is 14.1. The van der Waals surface area contributed by atoms with Crippen molar-refractivity contribution in [3.63, 3.8) is 0 Å². The van der Waals surface area contributed by atoms with Gasteiger partial charge < -0.3 is 48.7 Å². The third-order valence-corrected chi connectivity index (χ3v) is 6.55. The minimum atomic E-state index is -1.13. The maximum Gasteiger partial charge on any atom is 0.305 e. The number of phenolic OH excluding ortho intramolecular Hbond substituents is 1. The number of carbonyl (C=O) groups is 4. The second-order valence-electron chi connectivity index (χ2n) is 10.3. The van der Waals surface area contributed by atoms with Gasteiger partial charge in [-0.3, -0.25) is 29.6 Å². The molecule has 0 aromatic heterocycles. The summed E-state index contributed by atoms with van der Waals surface area (Å²) < 4.78 is 0. The summed E-state index contributed by atoms with van der Waals surface area (Å²) in [5, 5.41) is 27.9. The number of aromatic hydroxyl groups is 1. The topological polar surface area (TPSA) is 277 Å². The molecule has 1 unspecified atom stereocenters. The van der Waals surface area contributed by atoms with Gasteiger partial charge in [0.05, 0.1) is 6.42 Å². The highest BCUT2D eigenvalue weighted by atomic mass is 16.4. The molecule has 3 atom stereocenters. The van der Waals surface area contributed by atoms with Gasteiger partial charge in [0.25, 0.3) is 0 Å². The summed E-state index contributed by atoms with van der Waals surface area (Å²) in [6, 6.07) is 11.9. The van der Waals surface area contributed by atoms with E-state index in [-0.39, 0.29) is 56.4 Å². The lowest BCUT2D eigenvalue weighted by Gasteiger charge is -2.27. The summed E-state index contributed by atoms with van der Waals surface area (Å²) >= 11 is 0. The van der Waals surface area contributed by atoms with Crippen molar-refractivity contribution >= 4 is 35.6 Å². The number of rotatable bonds is 18. The smallest absolute Gasteiger partial charge is 0.305 e. The van der Waals surface area contributed by atoms with Gasteiger partial charge in [0, 0.05) is 33.0 Å². The van der Waals surface area contributed by atoms with E-state index in [4.69, 9.17) is 28.0 Å². The van der Waals surface area contributed by atoms with Gasteiger partial charge in [-0.15, -0.1) is 5.10 Å². The number of nitrogens with two attached hydrogens (primary N) is 4. The fourth-order valence-corrected chi connectivity index (χ4v) is 4.22. The number of carbonyl (C=O) groups excluding carboxylic acids is 3. The number of nitrogens with one attached hydrogen (secondary N) is 3. The van der Waals surface area contributed by atoms with Crippen molar-refractivity contribution in [2.24, 2.45) is 33.0 Å². The fourth-order valence-electron chi connectivity index (χ4n) is 4.22. The molecule has 3 amide bonds. The van der Waals surface area contributed by atoms with Crippen LogP contribution in [0.2, 0.25) is 0 Å². The normalized spacial score (nSPS) is 12.5. The number of aliphatic imine (C=N–C) groups is 1. The Kier molecular flexibility index (Phi) is 14.4. The van der Waals surface area contributed by atoms with Crippen LogP contribution in [0.1, 0.15) is 30.4 Å². The number of likely N-dealkylation sites (N-methyl/N-ethyl adjacent to an activating group) is 1. The van der Waals surface area contributed by atoms with Crippen molar-refractivity contribution in [2.75, 3.05) is 20.1 Å². The van der Waals surface area contributed by atoms with Gasteiger partial charge in [-0.1, -0.05) is 42.5 Å². The Labute approximate surface area is 260 Å². The zero-order valence-corrected chi connectivity index (χ0v) is 25.1. The molecule has 0 heterocycles. The first kappa shape index (κ1) is 35.7. The van der Waals surface area contributed by atoms with Gasteiger partial charge in [0.15, 0.2) is 5.96 Å². The third-order valence-electron chi connectivity index (χ3n) is 6.55. The fraction of sp³-hybridized carbons (Fsp3) is 0.379. The Morgan fingerprint density at radius 1 is 0.822 bits per heavy atom. The van der Waals surface area contributed by atoms with E-state index in [1.54, 1.807) is 36.4 Å². The molecule has 0 saturated heterocycles. The van der Waals surface area contributed by atoms with E-state index in [0.717, 1.165) is 5.56 Å². The number of carboxylic acids is 1. The number of benzene rings is 2. The summed E-state index contributed by atoms with van der Waals surface area (Å²) in [6.07, 6.45) is 0.338. The number of amides is 3. The van der Waals surface area contributed by atoms with Gasteiger partial charge in [0.1, 0.15) is 23.9 Å². The van der Waals surface area contributed by atoms with Crippen LogP contribution in [-0.4, -0.2) is 89.0 Å².